The number of hydrogen-bond acceptors (Lipinski definition) is 4. The zero-order valence-electron chi connectivity index (χ0n) is 19.0. The first-order chi connectivity index (χ1) is 16.4. The van der Waals surface area contributed by atoms with E-state index in [1.165, 1.54) is 9.80 Å². The molecular weight excluding hydrogens is 444 g/mol. The van der Waals surface area contributed by atoms with Gasteiger partial charge in [-0.3, -0.25) is 19.4 Å². The average Bonchev–Trinajstić information content (AvgIpc) is 3.37. The Bertz CT molecular complexity index is 1280. The van der Waals surface area contributed by atoms with Crippen molar-refractivity contribution >= 4 is 34.8 Å². The van der Waals surface area contributed by atoms with Crippen molar-refractivity contribution in [2.24, 2.45) is 0 Å². The maximum Gasteiger partial charge on any atom is 0.264 e. The number of aryl methyl sites for hydroxylation is 2. The summed E-state index contributed by atoms with van der Waals surface area (Å²) >= 11 is 5.82. The van der Waals surface area contributed by atoms with Gasteiger partial charge in [0, 0.05) is 11.1 Å². The zero-order valence-corrected chi connectivity index (χ0v) is 19.8. The maximum atomic E-state index is 13.7. The Hall–Kier alpha value is -4.03. The second-order valence-electron chi connectivity index (χ2n) is 7.96. The van der Waals surface area contributed by atoms with Crippen LogP contribution in [0.1, 0.15) is 37.6 Å². The first kappa shape index (κ1) is 23.1. The number of nitrogens with zero attached hydrogens (tertiary/aromatic N) is 2. The summed E-state index contributed by atoms with van der Waals surface area (Å²) in [5.41, 5.74) is 3.59. The maximum absolute atomic E-state index is 13.7. The van der Waals surface area contributed by atoms with E-state index in [2.05, 4.69) is 0 Å². The largest absolute Gasteiger partial charge is 0.467 e. The van der Waals surface area contributed by atoms with Gasteiger partial charge in [-0.25, -0.2) is 0 Å². The molecule has 1 aromatic heterocycles. The fourth-order valence-corrected chi connectivity index (χ4v) is 3.81. The number of hydrogen-bond donors (Lipinski definition) is 0. The first-order valence-electron chi connectivity index (χ1n) is 10.8. The highest BCUT2D eigenvalue weighted by atomic mass is 32.1. The molecule has 0 bridgehead atoms. The van der Waals surface area contributed by atoms with Crippen LogP contribution < -0.4 is 4.90 Å². The summed E-state index contributed by atoms with van der Waals surface area (Å²) in [5.74, 6) is -0.0880. The molecule has 34 heavy (non-hydrogen) atoms. The van der Waals surface area contributed by atoms with Crippen LogP contribution >= 0.6 is 12.2 Å². The molecule has 0 spiro atoms. The van der Waals surface area contributed by atoms with E-state index in [0.717, 1.165) is 11.1 Å². The van der Waals surface area contributed by atoms with E-state index in [0.29, 0.717) is 22.6 Å². The first-order valence-corrected chi connectivity index (χ1v) is 11.3. The summed E-state index contributed by atoms with van der Waals surface area (Å²) < 4.78 is 5.51. The van der Waals surface area contributed by atoms with Gasteiger partial charge < -0.3 is 4.42 Å². The lowest BCUT2D eigenvalue weighted by Gasteiger charge is -2.31. The smallest absolute Gasteiger partial charge is 0.264 e. The lowest BCUT2D eigenvalue weighted by Crippen LogP contribution is -2.48. The number of furan rings is 1. The molecule has 170 valence electrons. The molecule has 6 heteroatoms. The molecule has 3 aromatic carbocycles. The Morgan fingerprint density at radius 1 is 0.735 bits per heavy atom. The monoisotopic (exact) mass is 468 g/mol. The molecule has 0 atom stereocenters. The fourth-order valence-electron chi connectivity index (χ4n) is 3.47. The van der Waals surface area contributed by atoms with Gasteiger partial charge in [-0.15, -0.1) is 0 Å². The van der Waals surface area contributed by atoms with Crippen LogP contribution in [0.2, 0.25) is 0 Å². The van der Waals surface area contributed by atoms with E-state index in [-0.39, 0.29) is 23.5 Å². The van der Waals surface area contributed by atoms with Gasteiger partial charge in [-0.2, -0.15) is 0 Å². The molecule has 0 saturated carbocycles. The summed E-state index contributed by atoms with van der Waals surface area (Å²) in [4.78, 5) is 30.1. The highest BCUT2D eigenvalue weighted by Crippen LogP contribution is 2.22. The standard InChI is InChI=1S/C28H24N2O3S/c1-20-10-14-22(15-11-20)26(31)29(19-25-9-6-18-33-25)28(34)30(24-7-4-3-5-8-24)27(32)23-16-12-21(2)13-17-23/h3-18H,19H2,1-2H3. The summed E-state index contributed by atoms with van der Waals surface area (Å²) in [7, 11) is 0. The highest BCUT2D eigenvalue weighted by Gasteiger charge is 2.30. The Morgan fingerprint density at radius 3 is 1.82 bits per heavy atom. The van der Waals surface area contributed by atoms with Crippen molar-refractivity contribution in [3.05, 3.63) is 125 Å². The third-order valence-corrected chi connectivity index (χ3v) is 5.78. The minimum Gasteiger partial charge on any atom is -0.467 e. The Labute approximate surface area is 204 Å². The molecule has 0 unspecified atom stereocenters. The van der Waals surface area contributed by atoms with Crippen LogP contribution in [0.3, 0.4) is 0 Å². The van der Waals surface area contributed by atoms with Crippen molar-refractivity contribution in [1.82, 2.24) is 4.90 Å². The lowest BCUT2D eigenvalue weighted by molar-refractivity contribution is 0.0832. The number of benzene rings is 3. The van der Waals surface area contributed by atoms with Crippen molar-refractivity contribution in [3.8, 4) is 0 Å². The van der Waals surface area contributed by atoms with Crippen LogP contribution in [0.5, 0.6) is 0 Å². The summed E-state index contributed by atoms with van der Waals surface area (Å²) in [6.07, 6.45) is 1.54. The predicted octanol–water partition coefficient (Wildman–Crippen LogP) is 6.17. The van der Waals surface area contributed by atoms with E-state index in [4.69, 9.17) is 16.6 Å². The number of anilines is 1. The summed E-state index contributed by atoms with van der Waals surface area (Å²) in [6.45, 7) is 4.00. The van der Waals surface area contributed by atoms with E-state index in [9.17, 15) is 9.59 Å². The molecule has 0 saturated heterocycles. The number of thiocarbonyl (C=S) groups is 1. The van der Waals surface area contributed by atoms with Crippen LogP contribution in [0.4, 0.5) is 5.69 Å². The molecule has 1 heterocycles. The van der Waals surface area contributed by atoms with Gasteiger partial charge in [-0.1, -0.05) is 53.6 Å². The Balaban J connectivity index is 1.77. The van der Waals surface area contributed by atoms with Crippen LogP contribution in [-0.2, 0) is 6.54 Å². The van der Waals surface area contributed by atoms with E-state index in [1.54, 1.807) is 54.8 Å². The van der Waals surface area contributed by atoms with Crippen molar-refractivity contribution in [3.63, 3.8) is 0 Å². The number of carbonyl (C=O) groups is 2. The zero-order chi connectivity index (χ0) is 24.1. The fraction of sp³-hybridized carbons (Fsp3) is 0.107. The molecule has 5 nitrogen and oxygen atoms in total. The van der Waals surface area contributed by atoms with Crippen LogP contribution in [-0.4, -0.2) is 21.8 Å². The van der Waals surface area contributed by atoms with E-state index < -0.39 is 0 Å². The Morgan fingerprint density at radius 2 is 1.29 bits per heavy atom. The molecule has 2 amide bonds. The Kier molecular flexibility index (Phi) is 6.99. The van der Waals surface area contributed by atoms with Crippen LogP contribution in [0.15, 0.2) is 102 Å². The number of carbonyl (C=O) groups excluding carboxylic acids is 2. The summed E-state index contributed by atoms with van der Waals surface area (Å²) in [5, 5.41) is 0.0683. The molecular formula is C28H24N2O3S. The molecule has 0 fully saturated rings. The van der Waals surface area contributed by atoms with Gasteiger partial charge >= 0.3 is 0 Å². The van der Waals surface area contributed by atoms with Gasteiger partial charge in [0.2, 0.25) is 0 Å². The van der Waals surface area contributed by atoms with Gasteiger partial charge in [0.15, 0.2) is 5.11 Å². The van der Waals surface area contributed by atoms with E-state index >= 15 is 0 Å². The van der Waals surface area contributed by atoms with Crippen LogP contribution in [0, 0.1) is 13.8 Å². The van der Waals surface area contributed by atoms with Crippen molar-refractivity contribution < 1.29 is 14.0 Å². The third kappa shape index (κ3) is 5.13. The lowest BCUT2D eigenvalue weighted by atomic mass is 10.1. The van der Waals surface area contributed by atoms with Crippen LogP contribution in [0.25, 0.3) is 0 Å². The van der Waals surface area contributed by atoms with Gasteiger partial charge in [0.25, 0.3) is 11.8 Å². The van der Waals surface area contributed by atoms with Crippen molar-refractivity contribution in [2.45, 2.75) is 20.4 Å². The molecule has 0 aliphatic carbocycles. The molecule has 4 rings (SSSR count). The molecule has 0 radical (unpaired) electrons. The SMILES string of the molecule is Cc1ccc(C(=O)N(Cc2ccco2)C(=S)N(C(=O)c2ccc(C)cc2)c2ccccc2)cc1. The number of rotatable bonds is 5. The quantitative estimate of drug-likeness (QED) is 0.329. The predicted molar refractivity (Wildman–Crippen MR) is 137 cm³/mol. The third-order valence-electron chi connectivity index (χ3n) is 5.38. The molecule has 0 aliphatic heterocycles. The summed E-state index contributed by atoms with van der Waals surface area (Å²) in [6, 6.07) is 27.1. The number of amides is 2. The number of para-hydroxylation sites is 1. The second kappa shape index (κ2) is 10.3. The highest BCUT2D eigenvalue weighted by molar-refractivity contribution is 7.80. The van der Waals surface area contributed by atoms with Gasteiger partial charge in [0.1, 0.15) is 5.76 Å². The van der Waals surface area contributed by atoms with E-state index in [1.807, 2.05) is 56.3 Å². The van der Waals surface area contributed by atoms with Crippen molar-refractivity contribution in [2.75, 3.05) is 4.90 Å². The van der Waals surface area contributed by atoms with Gasteiger partial charge in [0.05, 0.1) is 18.5 Å². The molecule has 4 aromatic rings. The average molecular weight is 469 g/mol. The van der Waals surface area contributed by atoms with Crippen molar-refractivity contribution in [1.29, 1.82) is 0 Å². The minimum absolute atomic E-state index is 0.0683. The second-order valence-corrected chi connectivity index (χ2v) is 8.33. The molecule has 0 N–H and O–H groups in total. The van der Waals surface area contributed by atoms with Gasteiger partial charge in [-0.05, 0) is 74.6 Å². The normalized spacial score (nSPS) is 10.5. The minimum atomic E-state index is -0.322. The molecule has 0 aliphatic rings. The topological polar surface area (TPSA) is 53.8 Å².